The molecule has 2 saturated heterocycles. The van der Waals surface area contributed by atoms with Gasteiger partial charge in [-0.2, -0.15) is 26.3 Å². The first-order valence-corrected chi connectivity index (χ1v) is 19.3. The normalized spacial score (nSPS) is 15.4. The van der Waals surface area contributed by atoms with Crippen molar-refractivity contribution in [2.45, 2.75) is 63.2 Å². The van der Waals surface area contributed by atoms with E-state index in [2.05, 4.69) is 20.2 Å². The molecule has 1 aromatic heterocycles. The molecule has 3 heterocycles. The number of alkyl halides is 6. The number of benzene rings is 3. The summed E-state index contributed by atoms with van der Waals surface area (Å²) in [5.41, 5.74) is 0.651. The van der Waals surface area contributed by atoms with Crippen LogP contribution < -0.4 is 19.5 Å². The van der Waals surface area contributed by atoms with Gasteiger partial charge >= 0.3 is 18.3 Å². The quantitative estimate of drug-likeness (QED) is 0.136. The predicted octanol–water partition coefficient (Wildman–Crippen LogP) is 7.65. The van der Waals surface area contributed by atoms with E-state index in [-0.39, 0.29) is 29.1 Å². The Balaban J connectivity index is 0.000000723. The van der Waals surface area contributed by atoms with Crippen molar-refractivity contribution in [1.82, 2.24) is 20.4 Å². The summed E-state index contributed by atoms with van der Waals surface area (Å²) >= 11 is 0. The fourth-order valence-electron chi connectivity index (χ4n) is 5.70. The zero-order valence-corrected chi connectivity index (χ0v) is 31.8. The van der Waals surface area contributed by atoms with Crippen LogP contribution in [0.1, 0.15) is 66.7 Å². The summed E-state index contributed by atoms with van der Waals surface area (Å²) in [6.07, 6.45) is -8.25. The van der Waals surface area contributed by atoms with Gasteiger partial charge in [0.05, 0.1) is 11.4 Å². The number of halogens is 6. The Hall–Kier alpha value is -5.43. The van der Waals surface area contributed by atoms with Crippen LogP contribution in [-0.2, 0) is 26.7 Å². The number of rotatable bonds is 10. The number of aromatic nitrogens is 2. The molecule has 0 bridgehead atoms. The summed E-state index contributed by atoms with van der Waals surface area (Å²) in [6, 6.07) is 22.8. The summed E-state index contributed by atoms with van der Waals surface area (Å²) in [7, 11) is -3.81. The second kappa shape index (κ2) is 18.7. The molecule has 12 nitrogen and oxygen atoms in total. The third kappa shape index (κ3) is 12.8. The van der Waals surface area contributed by atoms with Gasteiger partial charge in [0.25, 0.3) is 5.91 Å². The Morgan fingerprint density at radius 3 is 2.04 bits per heavy atom. The average Bonchev–Trinajstić information content (AvgIpc) is 3.15. The van der Waals surface area contributed by atoms with E-state index in [4.69, 9.17) is 19.4 Å². The van der Waals surface area contributed by atoms with Crippen LogP contribution in [0.25, 0.3) is 0 Å². The Morgan fingerprint density at radius 1 is 0.912 bits per heavy atom. The van der Waals surface area contributed by atoms with Crippen molar-refractivity contribution < 1.29 is 58.9 Å². The lowest BCUT2D eigenvalue weighted by atomic mass is 9.89. The van der Waals surface area contributed by atoms with Gasteiger partial charge in [-0.25, -0.2) is 13.2 Å². The van der Waals surface area contributed by atoms with Crippen molar-refractivity contribution in [2.75, 3.05) is 30.9 Å². The van der Waals surface area contributed by atoms with Crippen molar-refractivity contribution >= 4 is 27.6 Å². The molecule has 1 amide bonds. The maximum absolute atomic E-state index is 13.6. The number of piperidine rings is 1. The van der Waals surface area contributed by atoms with E-state index in [1.54, 1.807) is 59.5 Å². The molecule has 3 N–H and O–H groups in total. The topological polar surface area (TPSA) is 160 Å². The number of anilines is 1. The highest BCUT2D eigenvalue weighted by Crippen LogP contribution is 2.35. The Morgan fingerprint density at radius 2 is 1.53 bits per heavy atom. The highest BCUT2D eigenvalue weighted by atomic mass is 32.2. The first-order chi connectivity index (χ1) is 26.8. The number of carbonyl (C=O) groups is 2. The molecule has 0 unspecified atom stereocenters. The van der Waals surface area contributed by atoms with Gasteiger partial charge in [0, 0.05) is 37.8 Å². The largest absolute Gasteiger partial charge is 0.490 e. The number of nitrogens with zero attached hydrogens (tertiary/aromatic N) is 3. The van der Waals surface area contributed by atoms with Gasteiger partial charge < -0.3 is 24.8 Å². The number of aliphatic carboxylic acids is 1. The summed E-state index contributed by atoms with van der Waals surface area (Å²) in [4.78, 5) is 24.3. The SMILES string of the molecule is CC.CC1(Oc2ccc(C(=O)N3CCC(c4ccc(Oc5ccc(C(F)(F)F)nn5)cc4)CC3)cc2NS(=O)(=O)Cc2ccccc2)CNC1.O=C(O)C(F)(F)F. The van der Waals surface area contributed by atoms with Crippen molar-refractivity contribution in [2.24, 2.45) is 0 Å². The molecule has 57 heavy (non-hydrogen) atoms. The minimum absolute atomic E-state index is 0.0523. The van der Waals surface area contributed by atoms with Crippen LogP contribution in [-0.4, -0.2) is 78.5 Å². The molecule has 2 aliphatic heterocycles. The lowest BCUT2D eigenvalue weighted by Crippen LogP contribution is -2.61. The number of hydrogen-bond donors (Lipinski definition) is 3. The fraction of sp³-hybridized carbons (Fsp3) is 0.368. The van der Waals surface area contributed by atoms with Crippen molar-refractivity contribution in [3.05, 3.63) is 107 Å². The number of nitrogens with one attached hydrogen (secondary N) is 2. The van der Waals surface area contributed by atoms with E-state index in [0.29, 0.717) is 61.6 Å². The molecule has 0 spiro atoms. The monoisotopic (exact) mass is 825 g/mol. The predicted molar refractivity (Wildman–Crippen MR) is 198 cm³/mol. The van der Waals surface area contributed by atoms with Gasteiger partial charge in [0.1, 0.15) is 17.1 Å². The number of carboxylic acid groups (broad SMARTS) is 1. The van der Waals surface area contributed by atoms with E-state index in [1.807, 2.05) is 39.0 Å². The van der Waals surface area contributed by atoms with Gasteiger partial charge in [-0.05, 0) is 73.2 Å². The van der Waals surface area contributed by atoms with Gasteiger partial charge in [-0.15, -0.1) is 10.2 Å². The van der Waals surface area contributed by atoms with Gasteiger partial charge in [0.15, 0.2) is 5.69 Å². The lowest BCUT2D eigenvalue weighted by molar-refractivity contribution is -0.192. The zero-order chi connectivity index (χ0) is 42.0. The fourth-order valence-corrected chi connectivity index (χ4v) is 6.89. The molecule has 0 atom stereocenters. The van der Waals surface area contributed by atoms with Crippen LogP contribution in [0.2, 0.25) is 0 Å². The zero-order valence-electron chi connectivity index (χ0n) is 31.0. The number of hydrogen-bond acceptors (Lipinski definition) is 9. The summed E-state index contributed by atoms with van der Waals surface area (Å²) in [5.74, 6) is -2.30. The van der Waals surface area contributed by atoms with Gasteiger partial charge in [0.2, 0.25) is 15.9 Å². The lowest BCUT2D eigenvalue weighted by Gasteiger charge is -2.40. The molecule has 3 aromatic carbocycles. The number of sulfonamides is 1. The van der Waals surface area contributed by atoms with Crippen LogP contribution in [0.4, 0.5) is 32.0 Å². The molecule has 2 fully saturated rings. The Bertz CT molecular complexity index is 2060. The number of carboxylic acids is 1. The highest BCUT2D eigenvalue weighted by Gasteiger charge is 2.38. The average molecular weight is 826 g/mol. The molecule has 2 aliphatic rings. The number of ether oxygens (including phenoxy) is 2. The summed E-state index contributed by atoms with van der Waals surface area (Å²) in [6.45, 7) is 8.16. The molecule has 19 heteroatoms. The van der Waals surface area contributed by atoms with E-state index < -0.39 is 39.6 Å². The summed E-state index contributed by atoms with van der Waals surface area (Å²) < 4.78 is 111. The highest BCUT2D eigenvalue weighted by molar-refractivity contribution is 7.91. The van der Waals surface area contributed by atoms with Crippen molar-refractivity contribution in [3.63, 3.8) is 0 Å². The number of likely N-dealkylation sites (tertiary alicyclic amines) is 1. The van der Waals surface area contributed by atoms with Crippen LogP contribution in [0.15, 0.2) is 84.9 Å². The summed E-state index contributed by atoms with van der Waals surface area (Å²) in [5, 5.41) is 17.0. The second-order valence-electron chi connectivity index (χ2n) is 13.0. The Labute approximate surface area is 325 Å². The molecular formula is C38H41F6N5O7S. The van der Waals surface area contributed by atoms with E-state index in [0.717, 1.165) is 17.7 Å². The maximum atomic E-state index is 13.6. The van der Waals surface area contributed by atoms with Crippen LogP contribution in [0.5, 0.6) is 17.4 Å². The standard InChI is InChI=1S/C34H34F3N5O5S.C2HF3O2.C2H6/c1-33(21-38-22-33)47-29-12-9-26(19-28(29)41-48(44,45)20-23-5-3-2-4-6-23)32(43)42-17-15-25(16-18-42)24-7-10-27(11-8-24)46-31-14-13-30(39-40-31)34(35,36)37;3-2(4,5)1(6)7;1-2/h2-14,19,25,38,41H,15-18,20-22H2,1H3;(H,6,7);1-2H3. The van der Waals surface area contributed by atoms with Crippen molar-refractivity contribution in [1.29, 1.82) is 0 Å². The minimum atomic E-state index is -5.08. The maximum Gasteiger partial charge on any atom is 0.490 e. The van der Waals surface area contributed by atoms with Crippen molar-refractivity contribution in [3.8, 4) is 17.4 Å². The first-order valence-electron chi connectivity index (χ1n) is 17.7. The van der Waals surface area contributed by atoms with E-state index >= 15 is 0 Å². The van der Waals surface area contributed by atoms with E-state index in [1.165, 1.54) is 0 Å². The molecule has 4 aromatic rings. The molecule has 6 rings (SSSR count). The van der Waals surface area contributed by atoms with Crippen LogP contribution in [0.3, 0.4) is 0 Å². The number of carbonyl (C=O) groups excluding carboxylic acids is 1. The van der Waals surface area contributed by atoms with E-state index in [9.17, 15) is 39.6 Å². The first kappa shape index (κ1) is 44.3. The second-order valence-corrected chi connectivity index (χ2v) is 14.7. The molecule has 0 aliphatic carbocycles. The van der Waals surface area contributed by atoms with Gasteiger partial charge in [-0.3, -0.25) is 9.52 Å². The third-order valence-corrected chi connectivity index (χ3v) is 9.82. The smallest absolute Gasteiger partial charge is 0.483 e. The minimum Gasteiger partial charge on any atom is -0.483 e. The Kier molecular flexibility index (Phi) is 14.5. The third-order valence-electron chi connectivity index (χ3n) is 8.57. The number of amides is 1. The van der Waals surface area contributed by atoms with Crippen LogP contribution in [0, 0.1) is 0 Å². The van der Waals surface area contributed by atoms with Crippen LogP contribution >= 0.6 is 0 Å². The van der Waals surface area contributed by atoms with Gasteiger partial charge in [-0.1, -0.05) is 56.3 Å². The molecular weight excluding hydrogens is 785 g/mol. The molecule has 308 valence electrons. The molecule has 0 radical (unpaired) electrons. The molecule has 0 saturated carbocycles.